The van der Waals surface area contributed by atoms with Crippen LogP contribution >= 0.6 is 0 Å². The van der Waals surface area contributed by atoms with Crippen molar-refractivity contribution in [3.05, 3.63) is 29.8 Å². The quantitative estimate of drug-likeness (QED) is 0.808. The lowest BCUT2D eigenvalue weighted by molar-refractivity contribution is -0.123. The van der Waals surface area contributed by atoms with Crippen LogP contribution < -0.4 is 15.4 Å². The van der Waals surface area contributed by atoms with Crippen molar-refractivity contribution in [1.29, 1.82) is 0 Å². The summed E-state index contributed by atoms with van der Waals surface area (Å²) in [5, 5.41) is 6.01. The van der Waals surface area contributed by atoms with Gasteiger partial charge >= 0.3 is 0 Å². The molecule has 2 N–H and O–H groups in total. The van der Waals surface area contributed by atoms with E-state index in [2.05, 4.69) is 10.6 Å². The van der Waals surface area contributed by atoms with E-state index < -0.39 is 0 Å². The van der Waals surface area contributed by atoms with E-state index in [1.807, 2.05) is 6.92 Å². The molecule has 0 radical (unpaired) electrons. The zero-order valence-electron chi connectivity index (χ0n) is 14.2. The standard InChI is InChI=1S/C19H26N2O3/c1-13(14-6-7-14)20-18(22)12-24-17-10-8-15(9-11-17)19(23)21-16-4-2-3-5-16/h8-11,13-14,16H,2-7,12H2,1H3,(H,20,22)(H,21,23)/t13-/m0/s1. The lowest BCUT2D eigenvalue weighted by atomic mass is 10.1. The van der Waals surface area contributed by atoms with E-state index in [1.54, 1.807) is 24.3 Å². The smallest absolute Gasteiger partial charge is 0.258 e. The fourth-order valence-electron chi connectivity index (χ4n) is 3.20. The number of carbonyl (C=O) groups excluding carboxylic acids is 2. The first kappa shape index (κ1) is 16.8. The summed E-state index contributed by atoms with van der Waals surface area (Å²) in [6.45, 7) is 2.04. The van der Waals surface area contributed by atoms with Crippen LogP contribution in [0.2, 0.25) is 0 Å². The summed E-state index contributed by atoms with van der Waals surface area (Å²) in [4.78, 5) is 24.0. The predicted molar refractivity (Wildman–Crippen MR) is 92.0 cm³/mol. The van der Waals surface area contributed by atoms with E-state index in [1.165, 1.54) is 25.7 Å². The third-order valence-electron chi connectivity index (χ3n) is 4.89. The maximum Gasteiger partial charge on any atom is 0.258 e. The number of hydrogen-bond acceptors (Lipinski definition) is 3. The van der Waals surface area contributed by atoms with Gasteiger partial charge in [-0.1, -0.05) is 12.8 Å². The lowest BCUT2D eigenvalue weighted by Gasteiger charge is -2.14. The summed E-state index contributed by atoms with van der Waals surface area (Å²) < 4.78 is 5.49. The molecule has 0 heterocycles. The zero-order valence-corrected chi connectivity index (χ0v) is 14.2. The maximum absolute atomic E-state index is 12.2. The Kier molecular flexibility index (Phi) is 5.38. The molecule has 0 saturated heterocycles. The van der Waals surface area contributed by atoms with Crippen LogP contribution in [0.4, 0.5) is 0 Å². The second-order valence-corrected chi connectivity index (χ2v) is 6.96. The summed E-state index contributed by atoms with van der Waals surface area (Å²) in [6, 6.07) is 7.49. The summed E-state index contributed by atoms with van der Waals surface area (Å²) in [5.41, 5.74) is 0.626. The Labute approximate surface area is 143 Å². The minimum Gasteiger partial charge on any atom is -0.484 e. The van der Waals surface area contributed by atoms with Crippen molar-refractivity contribution < 1.29 is 14.3 Å². The topological polar surface area (TPSA) is 67.4 Å². The van der Waals surface area contributed by atoms with Crippen LogP contribution in [-0.2, 0) is 4.79 Å². The van der Waals surface area contributed by atoms with Crippen molar-refractivity contribution in [3.63, 3.8) is 0 Å². The molecule has 2 saturated carbocycles. The van der Waals surface area contributed by atoms with Crippen molar-refractivity contribution in [2.24, 2.45) is 5.92 Å². The molecule has 0 spiro atoms. The molecule has 0 unspecified atom stereocenters. The largest absolute Gasteiger partial charge is 0.484 e. The minimum absolute atomic E-state index is 0.00464. The summed E-state index contributed by atoms with van der Waals surface area (Å²) in [5.74, 6) is 1.09. The molecule has 5 nitrogen and oxygen atoms in total. The van der Waals surface area contributed by atoms with Gasteiger partial charge in [-0.05, 0) is 62.8 Å². The number of carbonyl (C=O) groups is 2. The van der Waals surface area contributed by atoms with Gasteiger partial charge < -0.3 is 15.4 Å². The highest BCUT2D eigenvalue weighted by atomic mass is 16.5. The third-order valence-corrected chi connectivity index (χ3v) is 4.89. The van der Waals surface area contributed by atoms with E-state index in [-0.39, 0.29) is 24.5 Å². The van der Waals surface area contributed by atoms with Gasteiger partial charge in [-0.25, -0.2) is 0 Å². The Morgan fingerprint density at radius 3 is 2.42 bits per heavy atom. The predicted octanol–water partition coefficient (Wildman–Crippen LogP) is 2.65. The average Bonchev–Trinajstić information content (AvgIpc) is 3.32. The summed E-state index contributed by atoms with van der Waals surface area (Å²) in [6.07, 6.45) is 6.93. The molecule has 2 fully saturated rings. The van der Waals surface area contributed by atoms with Crippen LogP contribution in [0.15, 0.2) is 24.3 Å². The molecule has 0 aliphatic heterocycles. The first-order valence-electron chi connectivity index (χ1n) is 8.95. The second-order valence-electron chi connectivity index (χ2n) is 6.96. The van der Waals surface area contributed by atoms with E-state index in [9.17, 15) is 9.59 Å². The van der Waals surface area contributed by atoms with Gasteiger partial charge in [0.1, 0.15) is 5.75 Å². The average molecular weight is 330 g/mol. The molecule has 1 aromatic carbocycles. The summed E-state index contributed by atoms with van der Waals surface area (Å²) in [7, 11) is 0. The molecule has 0 aromatic heterocycles. The molecule has 1 aromatic rings. The van der Waals surface area contributed by atoms with Crippen molar-refractivity contribution in [1.82, 2.24) is 10.6 Å². The van der Waals surface area contributed by atoms with Gasteiger partial charge in [-0.2, -0.15) is 0 Å². The minimum atomic E-state index is -0.0996. The Bertz CT molecular complexity index is 575. The highest BCUT2D eigenvalue weighted by Crippen LogP contribution is 2.32. The van der Waals surface area contributed by atoms with Gasteiger partial charge in [0.25, 0.3) is 11.8 Å². The molecule has 0 bridgehead atoms. The molecule has 130 valence electrons. The first-order valence-corrected chi connectivity index (χ1v) is 8.95. The zero-order chi connectivity index (χ0) is 16.9. The Morgan fingerprint density at radius 1 is 1.12 bits per heavy atom. The van der Waals surface area contributed by atoms with Gasteiger partial charge in [-0.15, -0.1) is 0 Å². The molecule has 24 heavy (non-hydrogen) atoms. The van der Waals surface area contributed by atoms with Crippen LogP contribution in [0, 0.1) is 5.92 Å². The van der Waals surface area contributed by atoms with Crippen LogP contribution in [0.1, 0.15) is 55.8 Å². The maximum atomic E-state index is 12.2. The molecule has 3 rings (SSSR count). The molecular formula is C19H26N2O3. The number of benzene rings is 1. The number of nitrogens with one attached hydrogen (secondary N) is 2. The molecule has 2 aliphatic carbocycles. The first-order chi connectivity index (χ1) is 11.6. The van der Waals surface area contributed by atoms with E-state index in [0.717, 1.165) is 12.8 Å². The van der Waals surface area contributed by atoms with Crippen LogP contribution in [0.3, 0.4) is 0 Å². The number of amides is 2. The van der Waals surface area contributed by atoms with Crippen LogP contribution in [0.25, 0.3) is 0 Å². The van der Waals surface area contributed by atoms with Crippen LogP contribution in [0.5, 0.6) is 5.75 Å². The fourth-order valence-corrected chi connectivity index (χ4v) is 3.20. The monoisotopic (exact) mass is 330 g/mol. The Hall–Kier alpha value is -2.04. The van der Waals surface area contributed by atoms with Gasteiger partial charge in [0.05, 0.1) is 0 Å². The van der Waals surface area contributed by atoms with Crippen molar-refractivity contribution >= 4 is 11.8 Å². The highest BCUT2D eigenvalue weighted by Gasteiger charge is 2.28. The number of hydrogen-bond donors (Lipinski definition) is 2. The van der Waals surface area contributed by atoms with Crippen molar-refractivity contribution in [2.45, 2.75) is 57.5 Å². The van der Waals surface area contributed by atoms with E-state index >= 15 is 0 Å². The SMILES string of the molecule is C[C@H](NC(=O)COc1ccc(C(=O)NC2CCCC2)cc1)C1CC1. The number of rotatable bonds is 7. The van der Waals surface area contributed by atoms with Gasteiger partial charge in [0.15, 0.2) is 6.61 Å². The molecule has 1 atom stereocenters. The second kappa shape index (κ2) is 7.69. The molecule has 5 heteroatoms. The van der Waals surface area contributed by atoms with Gasteiger partial charge in [0.2, 0.25) is 0 Å². The van der Waals surface area contributed by atoms with Crippen molar-refractivity contribution in [3.8, 4) is 5.75 Å². The highest BCUT2D eigenvalue weighted by molar-refractivity contribution is 5.94. The molecule has 2 aliphatic rings. The van der Waals surface area contributed by atoms with E-state index in [4.69, 9.17) is 4.74 Å². The fraction of sp³-hybridized carbons (Fsp3) is 0.579. The Balaban J connectivity index is 1.43. The Morgan fingerprint density at radius 2 is 1.79 bits per heavy atom. The summed E-state index contributed by atoms with van der Waals surface area (Å²) >= 11 is 0. The lowest BCUT2D eigenvalue weighted by Crippen LogP contribution is -2.37. The van der Waals surface area contributed by atoms with E-state index in [0.29, 0.717) is 23.3 Å². The molecule has 2 amide bonds. The number of ether oxygens (including phenoxy) is 1. The normalized spacial score (nSPS) is 18.9. The molecular weight excluding hydrogens is 304 g/mol. The van der Waals surface area contributed by atoms with Gasteiger partial charge in [-0.3, -0.25) is 9.59 Å². The third kappa shape index (κ3) is 4.73. The van der Waals surface area contributed by atoms with Crippen LogP contribution in [-0.4, -0.2) is 30.5 Å². The van der Waals surface area contributed by atoms with Gasteiger partial charge in [0, 0.05) is 17.6 Å². The van der Waals surface area contributed by atoms with Crippen molar-refractivity contribution in [2.75, 3.05) is 6.61 Å².